The van der Waals surface area contributed by atoms with Crippen molar-refractivity contribution in [1.82, 2.24) is 9.88 Å². The summed E-state index contributed by atoms with van der Waals surface area (Å²) in [6.07, 6.45) is 2.56. The number of hydrogen-bond donors (Lipinski definition) is 0. The summed E-state index contributed by atoms with van der Waals surface area (Å²) in [4.78, 5) is 18.7. The zero-order valence-electron chi connectivity index (χ0n) is 9.67. The number of hydrogen-bond acceptors (Lipinski definition) is 3. The molecule has 0 N–H and O–H groups in total. The largest absolute Gasteiger partial charge is 0.341 e. The summed E-state index contributed by atoms with van der Waals surface area (Å²) >= 11 is 1.47. The Hall–Kier alpha value is -1.68. The van der Waals surface area contributed by atoms with Crippen molar-refractivity contribution >= 4 is 17.2 Å². The second-order valence-electron chi connectivity index (χ2n) is 3.78. The second-order valence-corrected chi connectivity index (χ2v) is 4.72. The van der Waals surface area contributed by atoms with Crippen LogP contribution in [-0.2, 0) is 6.42 Å². The molecule has 2 heterocycles. The first kappa shape index (κ1) is 11.8. The fourth-order valence-corrected chi connectivity index (χ4v) is 2.24. The molecule has 0 fully saturated rings. The van der Waals surface area contributed by atoms with Crippen LogP contribution in [-0.4, -0.2) is 29.4 Å². The van der Waals surface area contributed by atoms with Crippen molar-refractivity contribution in [2.45, 2.75) is 6.42 Å². The first-order valence-corrected chi connectivity index (χ1v) is 6.34. The van der Waals surface area contributed by atoms with E-state index in [4.69, 9.17) is 0 Å². The van der Waals surface area contributed by atoms with Gasteiger partial charge in [-0.15, -0.1) is 11.3 Å². The number of nitrogens with zero attached hydrogens (tertiary/aromatic N) is 2. The molecule has 0 spiro atoms. The minimum Gasteiger partial charge on any atom is -0.341 e. The van der Waals surface area contributed by atoms with Gasteiger partial charge >= 0.3 is 0 Å². The van der Waals surface area contributed by atoms with Gasteiger partial charge in [0.2, 0.25) is 0 Å². The zero-order chi connectivity index (χ0) is 12.1. The van der Waals surface area contributed by atoms with Crippen LogP contribution in [0, 0.1) is 0 Å². The molecule has 0 aliphatic rings. The summed E-state index contributed by atoms with van der Waals surface area (Å²) in [6.45, 7) is 0.688. The number of amides is 1. The van der Waals surface area contributed by atoms with Gasteiger partial charge in [-0.25, -0.2) is 0 Å². The highest BCUT2D eigenvalue weighted by molar-refractivity contribution is 7.12. The first-order valence-electron chi connectivity index (χ1n) is 5.46. The number of pyridine rings is 1. The molecule has 1 amide bonds. The molecule has 0 unspecified atom stereocenters. The van der Waals surface area contributed by atoms with Crippen molar-refractivity contribution in [2.24, 2.45) is 0 Å². The minimum atomic E-state index is 0.0796. The highest BCUT2D eigenvalue weighted by Crippen LogP contribution is 2.11. The van der Waals surface area contributed by atoms with Gasteiger partial charge in [0.05, 0.1) is 4.88 Å². The lowest BCUT2D eigenvalue weighted by molar-refractivity contribution is 0.0801. The number of carbonyl (C=O) groups excluding carboxylic acids is 1. The number of likely N-dealkylation sites (N-methyl/N-ethyl adjacent to an activating group) is 1. The lowest BCUT2D eigenvalue weighted by Crippen LogP contribution is -2.28. The molecule has 0 saturated heterocycles. The van der Waals surface area contributed by atoms with Crippen molar-refractivity contribution < 1.29 is 4.79 Å². The van der Waals surface area contributed by atoms with Gasteiger partial charge in [0.25, 0.3) is 5.91 Å². The van der Waals surface area contributed by atoms with Crippen LogP contribution in [0.5, 0.6) is 0 Å². The van der Waals surface area contributed by atoms with E-state index in [1.807, 2.05) is 42.8 Å². The monoisotopic (exact) mass is 246 g/mol. The molecule has 0 bridgehead atoms. The molecule has 2 aromatic heterocycles. The summed E-state index contributed by atoms with van der Waals surface area (Å²) in [6, 6.07) is 9.58. The predicted octanol–water partition coefficient (Wildman–Crippen LogP) is 2.46. The molecule has 4 heteroatoms. The Morgan fingerprint density at radius 3 is 2.88 bits per heavy atom. The molecule has 2 aromatic rings. The average molecular weight is 246 g/mol. The smallest absolute Gasteiger partial charge is 0.263 e. The SMILES string of the molecule is CN(CCc1ccccn1)C(=O)c1cccs1. The summed E-state index contributed by atoms with van der Waals surface area (Å²) in [5.41, 5.74) is 1.01. The van der Waals surface area contributed by atoms with Gasteiger partial charge < -0.3 is 4.90 Å². The van der Waals surface area contributed by atoms with Gasteiger partial charge in [-0.2, -0.15) is 0 Å². The molecule has 88 valence electrons. The molecule has 0 aliphatic carbocycles. The van der Waals surface area contributed by atoms with Crippen molar-refractivity contribution in [2.75, 3.05) is 13.6 Å². The van der Waals surface area contributed by atoms with Crippen molar-refractivity contribution in [3.63, 3.8) is 0 Å². The Labute approximate surface area is 105 Å². The van der Waals surface area contributed by atoms with E-state index in [2.05, 4.69) is 4.98 Å². The third-order valence-corrected chi connectivity index (χ3v) is 3.37. The maximum atomic E-state index is 11.9. The van der Waals surface area contributed by atoms with Crippen LogP contribution in [0.15, 0.2) is 41.9 Å². The Bertz CT molecular complexity index is 467. The van der Waals surface area contributed by atoms with E-state index >= 15 is 0 Å². The molecule has 2 rings (SSSR count). The van der Waals surface area contributed by atoms with Crippen molar-refractivity contribution in [3.05, 3.63) is 52.5 Å². The second kappa shape index (κ2) is 5.59. The summed E-state index contributed by atoms with van der Waals surface area (Å²) in [7, 11) is 1.82. The summed E-state index contributed by atoms with van der Waals surface area (Å²) in [5, 5.41) is 1.92. The van der Waals surface area contributed by atoms with E-state index in [9.17, 15) is 4.79 Å². The van der Waals surface area contributed by atoms with Gasteiger partial charge in [0.15, 0.2) is 0 Å². The van der Waals surface area contributed by atoms with E-state index in [-0.39, 0.29) is 5.91 Å². The van der Waals surface area contributed by atoms with Crippen LogP contribution in [0.25, 0.3) is 0 Å². The van der Waals surface area contributed by atoms with Gasteiger partial charge in [0.1, 0.15) is 0 Å². The van der Waals surface area contributed by atoms with E-state index in [1.165, 1.54) is 11.3 Å². The van der Waals surface area contributed by atoms with Crippen LogP contribution in [0.2, 0.25) is 0 Å². The lowest BCUT2D eigenvalue weighted by atomic mass is 10.2. The predicted molar refractivity (Wildman–Crippen MR) is 69.2 cm³/mol. The quantitative estimate of drug-likeness (QED) is 0.830. The van der Waals surface area contributed by atoms with Gasteiger partial charge in [-0.1, -0.05) is 12.1 Å². The van der Waals surface area contributed by atoms with Crippen LogP contribution >= 0.6 is 11.3 Å². The maximum absolute atomic E-state index is 11.9. The third-order valence-electron chi connectivity index (χ3n) is 2.51. The van der Waals surface area contributed by atoms with Crippen LogP contribution < -0.4 is 0 Å². The molecule has 0 aromatic carbocycles. The van der Waals surface area contributed by atoms with E-state index in [0.29, 0.717) is 6.54 Å². The van der Waals surface area contributed by atoms with Crippen LogP contribution in [0.1, 0.15) is 15.4 Å². The average Bonchev–Trinajstić information content (AvgIpc) is 2.90. The topological polar surface area (TPSA) is 33.2 Å². The standard InChI is InChI=1S/C13H14N2OS/c1-15(13(16)12-6-4-10-17-12)9-7-11-5-2-3-8-14-11/h2-6,8,10H,7,9H2,1H3. The third kappa shape index (κ3) is 3.14. The Kier molecular flexibility index (Phi) is 3.88. The number of thiophene rings is 1. The van der Waals surface area contributed by atoms with Crippen LogP contribution in [0.4, 0.5) is 0 Å². The lowest BCUT2D eigenvalue weighted by Gasteiger charge is -2.15. The van der Waals surface area contributed by atoms with E-state index < -0.39 is 0 Å². The van der Waals surface area contributed by atoms with Gasteiger partial charge in [-0.05, 0) is 23.6 Å². The summed E-state index contributed by atoms with van der Waals surface area (Å²) < 4.78 is 0. The molecule has 3 nitrogen and oxygen atoms in total. The minimum absolute atomic E-state index is 0.0796. The zero-order valence-corrected chi connectivity index (χ0v) is 10.5. The van der Waals surface area contributed by atoms with E-state index in [1.54, 1.807) is 11.1 Å². The fourth-order valence-electron chi connectivity index (χ4n) is 1.52. The highest BCUT2D eigenvalue weighted by atomic mass is 32.1. The molecule has 0 radical (unpaired) electrons. The number of aromatic nitrogens is 1. The Morgan fingerprint density at radius 2 is 2.24 bits per heavy atom. The number of rotatable bonds is 4. The van der Waals surface area contributed by atoms with Crippen molar-refractivity contribution in [3.8, 4) is 0 Å². The molecular formula is C13H14N2OS. The van der Waals surface area contributed by atoms with Gasteiger partial charge in [-0.3, -0.25) is 9.78 Å². The first-order chi connectivity index (χ1) is 8.27. The molecule has 0 saturated carbocycles. The van der Waals surface area contributed by atoms with E-state index in [0.717, 1.165) is 17.0 Å². The van der Waals surface area contributed by atoms with Crippen molar-refractivity contribution in [1.29, 1.82) is 0 Å². The van der Waals surface area contributed by atoms with Gasteiger partial charge in [0, 0.05) is 31.9 Å². The summed E-state index contributed by atoms with van der Waals surface area (Å²) in [5.74, 6) is 0.0796. The number of carbonyl (C=O) groups is 1. The van der Waals surface area contributed by atoms with Crippen LogP contribution in [0.3, 0.4) is 0 Å². The maximum Gasteiger partial charge on any atom is 0.263 e. The molecular weight excluding hydrogens is 232 g/mol. The normalized spacial score (nSPS) is 10.2. The molecule has 17 heavy (non-hydrogen) atoms. The Morgan fingerprint density at radius 1 is 1.35 bits per heavy atom. The fraction of sp³-hybridized carbons (Fsp3) is 0.231. The Balaban J connectivity index is 1.90. The molecule has 0 atom stereocenters. The molecule has 0 aliphatic heterocycles. The highest BCUT2D eigenvalue weighted by Gasteiger charge is 2.12.